The normalized spacial score (nSPS) is 18.0. The third-order valence-corrected chi connectivity index (χ3v) is 2.49. The van der Waals surface area contributed by atoms with Gasteiger partial charge in [0.05, 0.1) is 13.2 Å². The highest BCUT2D eigenvalue weighted by Gasteiger charge is 2.09. The van der Waals surface area contributed by atoms with Crippen LogP contribution in [0.3, 0.4) is 0 Å². The van der Waals surface area contributed by atoms with Crippen LogP contribution in [-0.2, 0) is 4.74 Å². The number of benzene rings is 1. The van der Waals surface area contributed by atoms with Crippen LogP contribution in [0.1, 0.15) is 0 Å². The van der Waals surface area contributed by atoms with Gasteiger partial charge in [0.2, 0.25) is 0 Å². The lowest BCUT2D eigenvalue weighted by Gasteiger charge is -2.26. The average molecular weight is 188 g/mol. The summed E-state index contributed by atoms with van der Waals surface area (Å²) in [6, 6.07) is 10.5. The summed E-state index contributed by atoms with van der Waals surface area (Å²) in [7, 11) is 2.27. The highest BCUT2D eigenvalue weighted by Crippen LogP contribution is 1.94. The third kappa shape index (κ3) is 2.86. The highest BCUT2D eigenvalue weighted by atomic mass is 16.5. The van der Waals surface area contributed by atoms with E-state index in [0.717, 1.165) is 32.7 Å². The lowest BCUT2D eigenvalue weighted by molar-refractivity contribution is 0.0464. The molecule has 1 saturated heterocycles. The van der Waals surface area contributed by atoms with Gasteiger partial charge in [0.15, 0.2) is 7.28 Å². The van der Waals surface area contributed by atoms with Gasteiger partial charge in [-0.1, -0.05) is 35.8 Å². The van der Waals surface area contributed by atoms with E-state index in [-0.39, 0.29) is 0 Å². The molecule has 1 aliphatic heterocycles. The van der Waals surface area contributed by atoms with Crippen LogP contribution in [0.4, 0.5) is 0 Å². The summed E-state index contributed by atoms with van der Waals surface area (Å²) in [6.45, 7) is 3.87. The van der Waals surface area contributed by atoms with Crippen molar-refractivity contribution in [2.75, 3.05) is 32.7 Å². The van der Waals surface area contributed by atoms with Crippen LogP contribution in [0.5, 0.6) is 0 Å². The number of nitrogens with zero attached hydrogens (tertiary/aromatic N) is 1. The standard InChI is InChI=1S/C11H15BNO/c1-2-4-11(5-3-1)12-10-13-6-8-14-9-7-13/h1-5H,6-10H2. The Bertz CT molecular complexity index is 259. The molecular formula is C11H15BNO. The van der Waals surface area contributed by atoms with Crippen molar-refractivity contribution in [2.24, 2.45) is 0 Å². The quantitative estimate of drug-likeness (QED) is 0.633. The topological polar surface area (TPSA) is 12.5 Å². The van der Waals surface area contributed by atoms with E-state index >= 15 is 0 Å². The molecule has 3 heteroatoms. The van der Waals surface area contributed by atoms with E-state index in [1.807, 2.05) is 6.07 Å². The van der Waals surface area contributed by atoms with Crippen LogP contribution in [0.15, 0.2) is 30.3 Å². The monoisotopic (exact) mass is 188 g/mol. The Morgan fingerprint density at radius 2 is 1.86 bits per heavy atom. The van der Waals surface area contributed by atoms with E-state index < -0.39 is 0 Å². The van der Waals surface area contributed by atoms with Gasteiger partial charge in [0, 0.05) is 13.1 Å². The summed E-state index contributed by atoms with van der Waals surface area (Å²) in [4.78, 5) is 2.41. The molecule has 1 aromatic rings. The number of hydrogen-bond donors (Lipinski definition) is 0. The van der Waals surface area contributed by atoms with E-state index in [0.29, 0.717) is 0 Å². The molecule has 0 saturated carbocycles. The summed E-state index contributed by atoms with van der Waals surface area (Å²) in [5.41, 5.74) is 1.30. The second kappa shape index (κ2) is 5.18. The Kier molecular flexibility index (Phi) is 3.60. The minimum atomic E-state index is 0.878. The molecule has 1 aromatic carbocycles. The van der Waals surface area contributed by atoms with Gasteiger partial charge in [-0.15, -0.1) is 0 Å². The van der Waals surface area contributed by atoms with Gasteiger partial charge in [-0.3, -0.25) is 0 Å². The van der Waals surface area contributed by atoms with Gasteiger partial charge < -0.3 is 9.64 Å². The molecule has 73 valence electrons. The number of rotatable bonds is 3. The van der Waals surface area contributed by atoms with Gasteiger partial charge in [0.25, 0.3) is 0 Å². The van der Waals surface area contributed by atoms with Crippen molar-refractivity contribution in [2.45, 2.75) is 0 Å². The zero-order chi connectivity index (χ0) is 9.64. The predicted molar refractivity (Wildman–Crippen MR) is 59.1 cm³/mol. The molecule has 1 fully saturated rings. The number of hydrogen-bond acceptors (Lipinski definition) is 2. The molecule has 14 heavy (non-hydrogen) atoms. The zero-order valence-corrected chi connectivity index (χ0v) is 8.36. The Morgan fingerprint density at radius 3 is 2.57 bits per heavy atom. The van der Waals surface area contributed by atoms with Crippen molar-refractivity contribution in [1.29, 1.82) is 0 Å². The first-order valence-corrected chi connectivity index (χ1v) is 5.13. The molecule has 0 unspecified atom stereocenters. The molecule has 0 aromatic heterocycles. The number of morpholine rings is 1. The van der Waals surface area contributed by atoms with Crippen molar-refractivity contribution in [3.05, 3.63) is 30.3 Å². The first-order valence-electron chi connectivity index (χ1n) is 5.13. The molecule has 2 rings (SSSR count). The molecule has 1 aliphatic rings. The van der Waals surface area contributed by atoms with Gasteiger partial charge in [-0.05, 0) is 6.44 Å². The Morgan fingerprint density at radius 1 is 1.14 bits per heavy atom. The third-order valence-electron chi connectivity index (χ3n) is 2.49. The maximum absolute atomic E-state index is 5.30. The van der Waals surface area contributed by atoms with E-state index in [4.69, 9.17) is 4.74 Å². The molecule has 2 nitrogen and oxygen atoms in total. The Labute approximate surface area is 86.1 Å². The number of ether oxygens (including phenoxy) is 1. The fourth-order valence-electron chi connectivity index (χ4n) is 1.61. The van der Waals surface area contributed by atoms with Gasteiger partial charge in [-0.2, -0.15) is 0 Å². The fourth-order valence-corrected chi connectivity index (χ4v) is 1.61. The second-order valence-electron chi connectivity index (χ2n) is 3.53. The molecule has 1 heterocycles. The van der Waals surface area contributed by atoms with Crippen molar-refractivity contribution in [3.63, 3.8) is 0 Å². The van der Waals surface area contributed by atoms with Gasteiger partial charge in [0.1, 0.15) is 0 Å². The average Bonchev–Trinajstić information content (AvgIpc) is 2.29. The molecule has 0 spiro atoms. The van der Waals surface area contributed by atoms with Crippen LogP contribution in [0.2, 0.25) is 0 Å². The van der Waals surface area contributed by atoms with E-state index in [9.17, 15) is 0 Å². The summed E-state index contributed by atoms with van der Waals surface area (Å²) in [6.07, 6.45) is 1.04. The fraction of sp³-hybridized carbons (Fsp3) is 0.455. The molecule has 0 atom stereocenters. The van der Waals surface area contributed by atoms with Crippen LogP contribution < -0.4 is 5.46 Å². The first kappa shape index (κ1) is 9.75. The minimum Gasteiger partial charge on any atom is -0.379 e. The van der Waals surface area contributed by atoms with Crippen molar-refractivity contribution < 1.29 is 4.74 Å². The van der Waals surface area contributed by atoms with Crippen LogP contribution in [0, 0.1) is 0 Å². The van der Waals surface area contributed by atoms with Crippen LogP contribution in [0.25, 0.3) is 0 Å². The van der Waals surface area contributed by atoms with E-state index in [1.165, 1.54) is 5.46 Å². The smallest absolute Gasteiger partial charge is 0.169 e. The molecule has 0 N–H and O–H groups in total. The summed E-state index contributed by atoms with van der Waals surface area (Å²) in [5.74, 6) is 0. The minimum absolute atomic E-state index is 0.878. The maximum Gasteiger partial charge on any atom is 0.169 e. The van der Waals surface area contributed by atoms with Crippen LogP contribution >= 0.6 is 0 Å². The first-order chi connectivity index (χ1) is 6.95. The SMILES string of the molecule is [B](CN1CCOCC1)c1ccccc1. The van der Waals surface area contributed by atoms with Crippen LogP contribution in [-0.4, -0.2) is 44.9 Å². The Balaban J connectivity index is 1.76. The predicted octanol–water partition coefficient (Wildman–Crippen LogP) is 0.306. The molecule has 0 amide bonds. The van der Waals surface area contributed by atoms with Crippen molar-refractivity contribution >= 4 is 12.7 Å². The molecule has 0 aliphatic carbocycles. The van der Waals surface area contributed by atoms with Gasteiger partial charge >= 0.3 is 0 Å². The van der Waals surface area contributed by atoms with E-state index in [2.05, 4.69) is 36.4 Å². The lowest BCUT2D eigenvalue weighted by atomic mass is 9.70. The van der Waals surface area contributed by atoms with E-state index in [1.54, 1.807) is 0 Å². The largest absolute Gasteiger partial charge is 0.379 e. The summed E-state index contributed by atoms with van der Waals surface area (Å²) in [5, 5.41) is 0. The summed E-state index contributed by atoms with van der Waals surface area (Å²) < 4.78 is 5.30. The molecule has 0 bridgehead atoms. The lowest BCUT2D eigenvalue weighted by Crippen LogP contribution is -2.40. The highest BCUT2D eigenvalue weighted by molar-refractivity contribution is 6.53. The Hall–Kier alpha value is -0.795. The summed E-state index contributed by atoms with van der Waals surface area (Å²) >= 11 is 0. The second-order valence-corrected chi connectivity index (χ2v) is 3.53. The molecule has 1 radical (unpaired) electrons. The molecular weight excluding hydrogens is 173 g/mol. The zero-order valence-electron chi connectivity index (χ0n) is 8.36. The maximum atomic E-state index is 5.30. The van der Waals surface area contributed by atoms with Crippen molar-refractivity contribution in [1.82, 2.24) is 4.90 Å². The van der Waals surface area contributed by atoms with Gasteiger partial charge in [-0.25, -0.2) is 0 Å². The van der Waals surface area contributed by atoms with Crippen molar-refractivity contribution in [3.8, 4) is 0 Å².